The van der Waals surface area contributed by atoms with Gasteiger partial charge in [0.15, 0.2) is 11.5 Å². The van der Waals surface area contributed by atoms with Crippen LogP contribution in [0.4, 0.5) is 0 Å². The summed E-state index contributed by atoms with van der Waals surface area (Å²) in [6.07, 6.45) is 1.94. The summed E-state index contributed by atoms with van der Waals surface area (Å²) >= 11 is 3.41. The number of imide groups is 1. The van der Waals surface area contributed by atoms with Crippen LogP contribution in [0.25, 0.3) is 0 Å². The van der Waals surface area contributed by atoms with Gasteiger partial charge >= 0.3 is 0 Å². The minimum Gasteiger partial charge on any atom is -0.493 e. The highest BCUT2D eigenvalue weighted by Gasteiger charge is 2.28. The number of carbonyl (C=O) groups excluding carboxylic acids is 3. The number of nitrogens with zero attached hydrogens (tertiary/aromatic N) is 1. The quantitative estimate of drug-likeness (QED) is 0.484. The Balaban J connectivity index is 1.91. The normalized spacial score (nSPS) is 13.9. The van der Waals surface area contributed by atoms with Crippen molar-refractivity contribution in [2.45, 2.75) is 32.6 Å². The molecule has 8 heteroatoms. The minimum absolute atomic E-state index is 0.141. The highest BCUT2D eigenvalue weighted by Crippen LogP contribution is 2.36. The first-order valence-electron chi connectivity index (χ1n) is 8.59. The molecule has 0 spiro atoms. The van der Waals surface area contributed by atoms with Crippen LogP contribution in [0.3, 0.4) is 0 Å². The highest BCUT2D eigenvalue weighted by molar-refractivity contribution is 9.10. The SMILES string of the molecule is CCCOc1c(Br)cc(C(=O)NCCCN2C(=O)CCC2=O)cc1OC. The minimum atomic E-state index is -0.259. The van der Waals surface area contributed by atoms with Crippen molar-refractivity contribution in [3.63, 3.8) is 0 Å². The van der Waals surface area contributed by atoms with E-state index in [0.717, 1.165) is 6.42 Å². The number of benzene rings is 1. The largest absolute Gasteiger partial charge is 0.493 e. The van der Waals surface area contributed by atoms with Gasteiger partial charge in [0.2, 0.25) is 11.8 Å². The average Bonchev–Trinajstić information content (AvgIpc) is 2.95. The standard InChI is InChI=1S/C18H23BrN2O5/c1-3-9-26-17-13(19)10-12(11-14(17)25-2)18(24)20-7-4-8-21-15(22)5-6-16(21)23/h10-11H,3-9H2,1-2H3,(H,20,24). The zero-order valence-electron chi connectivity index (χ0n) is 15.0. The molecule has 1 aliphatic rings. The Kier molecular flexibility index (Phi) is 7.44. The van der Waals surface area contributed by atoms with Crippen molar-refractivity contribution in [2.24, 2.45) is 0 Å². The van der Waals surface area contributed by atoms with E-state index in [9.17, 15) is 14.4 Å². The van der Waals surface area contributed by atoms with Crippen LogP contribution in [0, 0.1) is 0 Å². The van der Waals surface area contributed by atoms with Crippen LogP contribution < -0.4 is 14.8 Å². The van der Waals surface area contributed by atoms with Crippen LogP contribution in [0.1, 0.15) is 43.0 Å². The number of likely N-dealkylation sites (tertiary alicyclic amines) is 1. The van der Waals surface area contributed by atoms with Gasteiger partial charge in [0.05, 0.1) is 18.2 Å². The Morgan fingerprint density at radius 2 is 1.96 bits per heavy atom. The number of methoxy groups -OCH3 is 1. The van der Waals surface area contributed by atoms with Gasteiger partial charge in [-0.05, 0) is 40.9 Å². The van der Waals surface area contributed by atoms with Crippen molar-refractivity contribution in [3.8, 4) is 11.5 Å². The van der Waals surface area contributed by atoms with Gasteiger partial charge in [0.25, 0.3) is 5.91 Å². The fourth-order valence-electron chi connectivity index (χ4n) is 2.61. The Morgan fingerprint density at radius 1 is 1.27 bits per heavy atom. The van der Waals surface area contributed by atoms with E-state index in [-0.39, 0.29) is 30.6 Å². The van der Waals surface area contributed by atoms with Gasteiger partial charge < -0.3 is 14.8 Å². The third-order valence-electron chi connectivity index (χ3n) is 3.94. The fourth-order valence-corrected chi connectivity index (χ4v) is 3.17. The summed E-state index contributed by atoms with van der Waals surface area (Å²) < 4.78 is 11.6. The topological polar surface area (TPSA) is 84.9 Å². The van der Waals surface area contributed by atoms with Crippen molar-refractivity contribution in [1.82, 2.24) is 10.2 Å². The summed E-state index contributed by atoms with van der Waals surface area (Å²) in [7, 11) is 1.52. The molecule has 26 heavy (non-hydrogen) atoms. The Bertz CT molecular complexity index is 676. The smallest absolute Gasteiger partial charge is 0.251 e. The number of carbonyl (C=O) groups is 3. The molecule has 0 saturated carbocycles. The third kappa shape index (κ3) is 4.97. The van der Waals surface area contributed by atoms with Crippen molar-refractivity contribution in [1.29, 1.82) is 0 Å². The second kappa shape index (κ2) is 9.56. The van der Waals surface area contributed by atoms with Gasteiger partial charge in [-0.1, -0.05) is 6.92 Å². The summed E-state index contributed by atoms with van der Waals surface area (Å²) in [5.74, 6) is 0.503. The average molecular weight is 427 g/mol. The van der Waals surface area contributed by atoms with Crippen molar-refractivity contribution in [2.75, 3.05) is 26.8 Å². The number of rotatable bonds is 9. The lowest BCUT2D eigenvalue weighted by Crippen LogP contribution is -2.33. The Morgan fingerprint density at radius 3 is 2.58 bits per heavy atom. The first kappa shape index (κ1) is 20.2. The van der Waals surface area contributed by atoms with E-state index in [1.54, 1.807) is 12.1 Å². The molecule has 0 bridgehead atoms. The summed E-state index contributed by atoms with van der Waals surface area (Å²) in [6, 6.07) is 3.30. The lowest BCUT2D eigenvalue weighted by atomic mass is 10.2. The second-order valence-corrected chi connectivity index (χ2v) is 6.74. The Labute approximate surface area is 161 Å². The van der Waals surface area contributed by atoms with Gasteiger partial charge in [-0.3, -0.25) is 19.3 Å². The molecule has 3 amide bonds. The summed E-state index contributed by atoms with van der Waals surface area (Å²) in [4.78, 5) is 36.7. The molecule has 1 saturated heterocycles. The zero-order chi connectivity index (χ0) is 19.1. The molecule has 2 rings (SSSR count). The second-order valence-electron chi connectivity index (χ2n) is 5.89. The molecule has 1 aromatic carbocycles. The lowest BCUT2D eigenvalue weighted by molar-refractivity contribution is -0.138. The molecular weight excluding hydrogens is 404 g/mol. The number of hydrogen-bond donors (Lipinski definition) is 1. The molecule has 1 N–H and O–H groups in total. The first-order valence-corrected chi connectivity index (χ1v) is 9.39. The van der Waals surface area contributed by atoms with Crippen molar-refractivity contribution >= 4 is 33.7 Å². The lowest BCUT2D eigenvalue weighted by Gasteiger charge is -2.15. The molecule has 1 heterocycles. The molecule has 0 atom stereocenters. The predicted molar refractivity (Wildman–Crippen MR) is 99.4 cm³/mol. The molecule has 1 aliphatic heterocycles. The zero-order valence-corrected chi connectivity index (χ0v) is 16.6. The molecule has 0 aliphatic carbocycles. The highest BCUT2D eigenvalue weighted by atomic mass is 79.9. The van der Waals surface area contributed by atoms with Gasteiger partial charge in [-0.25, -0.2) is 0 Å². The monoisotopic (exact) mass is 426 g/mol. The van der Waals surface area contributed by atoms with E-state index in [4.69, 9.17) is 9.47 Å². The predicted octanol–water partition coefficient (Wildman–Crippen LogP) is 2.52. The van der Waals surface area contributed by atoms with Crippen LogP contribution in [0.15, 0.2) is 16.6 Å². The number of ether oxygens (including phenoxy) is 2. The molecule has 0 radical (unpaired) electrons. The van der Waals surface area contributed by atoms with Crippen LogP contribution in [-0.4, -0.2) is 49.4 Å². The molecule has 1 aromatic rings. The maximum absolute atomic E-state index is 12.3. The number of halogens is 1. The van der Waals surface area contributed by atoms with Gasteiger partial charge in [-0.15, -0.1) is 0 Å². The summed E-state index contributed by atoms with van der Waals surface area (Å²) in [5.41, 5.74) is 0.436. The summed E-state index contributed by atoms with van der Waals surface area (Å²) in [5, 5.41) is 2.79. The van der Waals surface area contributed by atoms with E-state index in [1.807, 2.05) is 6.92 Å². The maximum Gasteiger partial charge on any atom is 0.251 e. The van der Waals surface area contributed by atoms with E-state index in [0.29, 0.717) is 47.7 Å². The first-order chi connectivity index (χ1) is 12.5. The maximum atomic E-state index is 12.3. The van der Waals surface area contributed by atoms with Crippen LogP contribution in [0.5, 0.6) is 11.5 Å². The number of nitrogens with one attached hydrogen (secondary N) is 1. The molecule has 0 aromatic heterocycles. The molecule has 7 nitrogen and oxygen atoms in total. The molecule has 142 valence electrons. The molecular formula is C18H23BrN2O5. The molecule has 0 unspecified atom stereocenters. The Hall–Kier alpha value is -2.09. The number of amides is 3. The van der Waals surface area contributed by atoms with Crippen LogP contribution >= 0.6 is 15.9 Å². The molecule has 1 fully saturated rings. The third-order valence-corrected chi connectivity index (χ3v) is 4.53. The van der Waals surface area contributed by atoms with E-state index in [2.05, 4.69) is 21.2 Å². The van der Waals surface area contributed by atoms with Crippen molar-refractivity contribution in [3.05, 3.63) is 22.2 Å². The van der Waals surface area contributed by atoms with E-state index >= 15 is 0 Å². The van der Waals surface area contributed by atoms with Gasteiger partial charge in [0.1, 0.15) is 0 Å². The van der Waals surface area contributed by atoms with Crippen LogP contribution in [-0.2, 0) is 9.59 Å². The summed E-state index contributed by atoms with van der Waals surface area (Å²) in [6.45, 7) is 3.25. The van der Waals surface area contributed by atoms with Gasteiger partial charge in [-0.2, -0.15) is 0 Å². The van der Waals surface area contributed by atoms with Crippen LogP contribution in [0.2, 0.25) is 0 Å². The van der Waals surface area contributed by atoms with Gasteiger partial charge in [0, 0.05) is 31.5 Å². The fraction of sp³-hybridized carbons (Fsp3) is 0.500. The van der Waals surface area contributed by atoms with E-state index in [1.165, 1.54) is 12.0 Å². The number of hydrogen-bond acceptors (Lipinski definition) is 5. The van der Waals surface area contributed by atoms with E-state index < -0.39 is 0 Å². The van der Waals surface area contributed by atoms with Crippen molar-refractivity contribution < 1.29 is 23.9 Å².